The summed E-state index contributed by atoms with van der Waals surface area (Å²) in [5, 5.41) is 2.85. The summed E-state index contributed by atoms with van der Waals surface area (Å²) in [6, 6.07) is 6.04. The van der Waals surface area contributed by atoms with E-state index in [1.165, 1.54) is 24.0 Å². The van der Waals surface area contributed by atoms with E-state index in [1.807, 2.05) is 12.1 Å². The highest BCUT2D eigenvalue weighted by Gasteiger charge is 2.13. The number of Topliss-reactive ketones (excluding diaryl/α,β-unsaturated/α-hetero) is 1. The van der Waals surface area contributed by atoms with E-state index in [0.29, 0.717) is 19.4 Å². The molecule has 0 aliphatic heterocycles. The van der Waals surface area contributed by atoms with Crippen LogP contribution in [0.5, 0.6) is 0 Å². The molecule has 0 aromatic heterocycles. The first-order valence-electron chi connectivity index (χ1n) is 8.12. The summed E-state index contributed by atoms with van der Waals surface area (Å²) < 4.78 is 0. The molecule has 0 heterocycles. The molecule has 1 N–H and O–H groups in total. The van der Waals surface area contributed by atoms with Crippen molar-refractivity contribution in [1.82, 2.24) is 5.32 Å². The maximum Gasteiger partial charge on any atom is 0.220 e. The summed E-state index contributed by atoms with van der Waals surface area (Å²) in [5.41, 5.74) is 3.46. The first kappa shape index (κ1) is 15.7. The monoisotopic (exact) mass is 287 g/mol. The molecule has 3 heteroatoms. The Morgan fingerprint density at radius 2 is 1.86 bits per heavy atom. The number of hydrogen-bond donors (Lipinski definition) is 1. The molecule has 1 amide bonds. The van der Waals surface area contributed by atoms with Crippen molar-refractivity contribution in [3.63, 3.8) is 0 Å². The third-order valence-electron chi connectivity index (χ3n) is 4.10. The number of ketones is 1. The molecule has 0 saturated heterocycles. The summed E-state index contributed by atoms with van der Waals surface area (Å²) in [4.78, 5) is 23.8. The minimum absolute atomic E-state index is 0.0187. The molecule has 1 aliphatic carbocycles. The van der Waals surface area contributed by atoms with Crippen LogP contribution in [0, 0.1) is 0 Å². The van der Waals surface area contributed by atoms with E-state index in [2.05, 4.69) is 18.3 Å². The minimum Gasteiger partial charge on any atom is -0.356 e. The third-order valence-corrected chi connectivity index (χ3v) is 4.10. The van der Waals surface area contributed by atoms with Gasteiger partial charge in [0.25, 0.3) is 0 Å². The van der Waals surface area contributed by atoms with Crippen molar-refractivity contribution < 1.29 is 9.59 Å². The lowest BCUT2D eigenvalue weighted by Gasteiger charge is -2.16. The van der Waals surface area contributed by atoms with E-state index in [0.717, 1.165) is 31.2 Å². The van der Waals surface area contributed by atoms with Crippen LogP contribution in [-0.2, 0) is 17.6 Å². The molecule has 1 aromatic rings. The SMILES string of the molecule is CCCCNC(=O)CCC(=O)c1ccc2c(c1)CCCC2. The van der Waals surface area contributed by atoms with Crippen LogP contribution in [0.1, 0.15) is 66.9 Å². The fourth-order valence-electron chi connectivity index (χ4n) is 2.77. The number of aryl methyl sites for hydroxylation is 2. The largest absolute Gasteiger partial charge is 0.356 e. The fraction of sp³-hybridized carbons (Fsp3) is 0.556. The van der Waals surface area contributed by atoms with Crippen molar-refractivity contribution in [3.8, 4) is 0 Å². The lowest BCUT2D eigenvalue weighted by molar-refractivity contribution is -0.121. The molecule has 21 heavy (non-hydrogen) atoms. The van der Waals surface area contributed by atoms with Gasteiger partial charge in [-0.25, -0.2) is 0 Å². The van der Waals surface area contributed by atoms with Gasteiger partial charge >= 0.3 is 0 Å². The Kier molecular flexibility index (Phi) is 5.97. The maximum absolute atomic E-state index is 12.2. The van der Waals surface area contributed by atoms with Crippen molar-refractivity contribution in [2.24, 2.45) is 0 Å². The van der Waals surface area contributed by atoms with E-state index < -0.39 is 0 Å². The average Bonchev–Trinajstić information content (AvgIpc) is 2.52. The van der Waals surface area contributed by atoms with Gasteiger partial charge in [0.1, 0.15) is 0 Å². The summed E-state index contributed by atoms with van der Waals surface area (Å²) in [6.45, 7) is 2.80. The van der Waals surface area contributed by atoms with Gasteiger partial charge in [-0.2, -0.15) is 0 Å². The van der Waals surface area contributed by atoms with Crippen LogP contribution < -0.4 is 5.32 Å². The van der Waals surface area contributed by atoms with E-state index >= 15 is 0 Å². The Labute approximate surface area is 127 Å². The number of rotatable bonds is 7. The zero-order chi connectivity index (χ0) is 15.1. The van der Waals surface area contributed by atoms with Gasteiger partial charge in [0.05, 0.1) is 0 Å². The molecule has 1 aromatic carbocycles. The van der Waals surface area contributed by atoms with E-state index in [1.54, 1.807) is 0 Å². The molecule has 0 bridgehead atoms. The smallest absolute Gasteiger partial charge is 0.220 e. The van der Waals surface area contributed by atoms with Gasteiger partial charge in [0.15, 0.2) is 5.78 Å². The molecule has 1 aliphatic rings. The molecule has 0 fully saturated rings. The predicted octanol–water partition coefficient (Wildman–Crippen LogP) is 3.44. The van der Waals surface area contributed by atoms with Gasteiger partial charge in [0, 0.05) is 24.9 Å². The van der Waals surface area contributed by atoms with Gasteiger partial charge in [0.2, 0.25) is 5.91 Å². The lowest BCUT2D eigenvalue weighted by Crippen LogP contribution is -2.24. The molecule has 3 nitrogen and oxygen atoms in total. The normalized spacial score (nSPS) is 13.6. The number of fused-ring (bicyclic) bond motifs is 1. The highest BCUT2D eigenvalue weighted by Crippen LogP contribution is 2.22. The van der Waals surface area contributed by atoms with Crippen molar-refractivity contribution in [2.45, 2.75) is 58.3 Å². The summed E-state index contributed by atoms with van der Waals surface area (Å²) in [7, 11) is 0. The second-order valence-corrected chi connectivity index (χ2v) is 5.82. The molecular formula is C18H25NO2. The minimum atomic E-state index is -0.0187. The quantitative estimate of drug-likeness (QED) is 0.617. The Morgan fingerprint density at radius 3 is 2.62 bits per heavy atom. The predicted molar refractivity (Wildman–Crippen MR) is 84.6 cm³/mol. The summed E-state index contributed by atoms with van der Waals surface area (Å²) in [6.07, 6.45) is 7.32. The number of unbranched alkanes of at least 4 members (excludes halogenated alkanes) is 1. The van der Waals surface area contributed by atoms with Crippen molar-refractivity contribution in [2.75, 3.05) is 6.54 Å². The molecular weight excluding hydrogens is 262 g/mol. The van der Waals surface area contributed by atoms with E-state index in [4.69, 9.17) is 0 Å². The maximum atomic E-state index is 12.2. The van der Waals surface area contributed by atoms with E-state index in [9.17, 15) is 9.59 Å². The number of nitrogens with one attached hydrogen (secondary N) is 1. The van der Waals surface area contributed by atoms with E-state index in [-0.39, 0.29) is 11.7 Å². The van der Waals surface area contributed by atoms with Crippen LogP contribution in [0.25, 0.3) is 0 Å². The molecule has 0 unspecified atom stereocenters. The number of amides is 1. The van der Waals surface area contributed by atoms with Gasteiger partial charge in [-0.3, -0.25) is 9.59 Å². The van der Waals surface area contributed by atoms with Crippen LogP contribution in [0.3, 0.4) is 0 Å². The summed E-state index contributed by atoms with van der Waals surface area (Å²) >= 11 is 0. The number of carbonyl (C=O) groups is 2. The lowest BCUT2D eigenvalue weighted by atomic mass is 9.89. The molecule has 114 valence electrons. The second-order valence-electron chi connectivity index (χ2n) is 5.82. The fourth-order valence-corrected chi connectivity index (χ4v) is 2.77. The molecule has 0 saturated carbocycles. The molecule has 0 radical (unpaired) electrons. The zero-order valence-corrected chi connectivity index (χ0v) is 12.9. The Morgan fingerprint density at radius 1 is 1.10 bits per heavy atom. The van der Waals surface area contributed by atoms with Crippen molar-refractivity contribution >= 4 is 11.7 Å². The first-order chi connectivity index (χ1) is 10.2. The Hall–Kier alpha value is -1.64. The molecule has 0 atom stereocenters. The second kappa shape index (κ2) is 7.96. The van der Waals surface area contributed by atoms with Crippen LogP contribution in [0.2, 0.25) is 0 Å². The van der Waals surface area contributed by atoms with Crippen molar-refractivity contribution in [1.29, 1.82) is 0 Å². The van der Waals surface area contributed by atoms with Gasteiger partial charge < -0.3 is 5.32 Å². The van der Waals surface area contributed by atoms with Gasteiger partial charge in [-0.15, -0.1) is 0 Å². The Balaban J connectivity index is 1.84. The van der Waals surface area contributed by atoms with Crippen LogP contribution in [0.4, 0.5) is 0 Å². The topological polar surface area (TPSA) is 46.2 Å². The molecule has 2 rings (SSSR count). The zero-order valence-electron chi connectivity index (χ0n) is 12.9. The number of benzene rings is 1. The van der Waals surface area contributed by atoms with Gasteiger partial charge in [-0.05, 0) is 49.3 Å². The first-order valence-corrected chi connectivity index (χ1v) is 8.12. The van der Waals surface area contributed by atoms with Crippen LogP contribution >= 0.6 is 0 Å². The standard InChI is InChI=1S/C18H25NO2/c1-2-3-12-19-18(21)11-10-17(20)16-9-8-14-6-4-5-7-15(14)13-16/h8-9,13H,2-7,10-12H2,1H3,(H,19,21). The van der Waals surface area contributed by atoms with Crippen LogP contribution in [0.15, 0.2) is 18.2 Å². The number of carbonyl (C=O) groups excluding carboxylic acids is 2. The number of hydrogen-bond acceptors (Lipinski definition) is 2. The Bertz CT molecular complexity index is 508. The highest BCUT2D eigenvalue weighted by atomic mass is 16.2. The third kappa shape index (κ3) is 4.69. The summed E-state index contributed by atoms with van der Waals surface area (Å²) in [5.74, 6) is 0.0591. The average molecular weight is 287 g/mol. The highest BCUT2D eigenvalue weighted by molar-refractivity contribution is 5.98. The van der Waals surface area contributed by atoms with Gasteiger partial charge in [-0.1, -0.05) is 25.5 Å². The molecule has 0 spiro atoms. The van der Waals surface area contributed by atoms with Crippen molar-refractivity contribution in [3.05, 3.63) is 34.9 Å². The van der Waals surface area contributed by atoms with Crippen LogP contribution in [-0.4, -0.2) is 18.2 Å².